The van der Waals surface area contributed by atoms with Crippen LogP contribution in [0.15, 0.2) is 48.9 Å². The fourth-order valence-corrected chi connectivity index (χ4v) is 3.69. The molecule has 1 spiro atoms. The molecule has 0 unspecified atom stereocenters. The fraction of sp³-hybridized carbons (Fsp3) is 0.333. The van der Waals surface area contributed by atoms with Crippen molar-refractivity contribution < 1.29 is 9.59 Å². The van der Waals surface area contributed by atoms with E-state index in [9.17, 15) is 9.59 Å². The molecule has 2 aliphatic rings. The Morgan fingerprint density at radius 2 is 1.96 bits per heavy atom. The normalized spacial score (nSPS) is 23.2. The van der Waals surface area contributed by atoms with Gasteiger partial charge in [0.2, 0.25) is 5.91 Å². The van der Waals surface area contributed by atoms with E-state index in [1.165, 1.54) is 12.4 Å². The number of carbonyl (C=O) groups excluding carboxylic acids is 2. The van der Waals surface area contributed by atoms with Gasteiger partial charge in [0.25, 0.3) is 5.91 Å². The van der Waals surface area contributed by atoms with Gasteiger partial charge < -0.3 is 9.80 Å². The summed E-state index contributed by atoms with van der Waals surface area (Å²) in [6, 6.07) is 9.72. The van der Waals surface area contributed by atoms with Crippen molar-refractivity contribution in [2.75, 3.05) is 24.5 Å². The minimum absolute atomic E-state index is 0.106. The van der Waals surface area contributed by atoms with Gasteiger partial charge in [-0.05, 0) is 18.6 Å². The van der Waals surface area contributed by atoms with Gasteiger partial charge in [0.15, 0.2) is 0 Å². The Labute approximate surface area is 140 Å². The Kier molecular flexibility index (Phi) is 3.52. The third kappa shape index (κ3) is 2.54. The van der Waals surface area contributed by atoms with Crippen LogP contribution < -0.4 is 4.90 Å². The zero-order valence-electron chi connectivity index (χ0n) is 13.3. The lowest BCUT2D eigenvalue weighted by molar-refractivity contribution is -0.117. The lowest BCUT2D eigenvalue weighted by Gasteiger charge is -2.24. The number of para-hydroxylation sites is 1. The molecule has 1 aromatic carbocycles. The van der Waals surface area contributed by atoms with Gasteiger partial charge >= 0.3 is 0 Å². The molecule has 2 amide bonds. The molecule has 24 heavy (non-hydrogen) atoms. The first-order chi connectivity index (χ1) is 11.7. The second kappa shape index (κ2) is 5.70. The molecule has 2 aliphatic heterocycles. The van der Waals surface area contributed by atoms with Crippen LogP contribution in [-0.2, 0) is 4.79 Å². The van der Waals surface area contributed by atoms with Gasteiger partial charge in [-0.2, -0.15) is 0 Å². The van der Waals surface area contributed by atoms with E-state index in [1.54, 1.807) is 11.1 Å². The van der Waals surface area contributed by atoms with Crippen LogP contribution in [0.25, 0.3) is 0 Å². The molecule has 1 aromatic heterocycles. The molecule has 0 radical (unpaired) electrons. The molecule has 2 fully saturated rings. The highest BCUT2D eigenvalue weighted by atomic mass is 16.2. The summed E-state index contributed by atoms with van der Waals surface area (Å²) >= 11 is 0. The van der Waals surface area contributed by atoms with Crippen LogP contribution >= 0.6 is 0 Å². The third-order valence-corrected chi connectivity index (χ3v) is 4.90. The summed E-state index contributed by atoms with van der Waals surface area (Å²) < 4.78 is 0. The van der Waals surface area contributed by atoms with E-state index in [1.807, 2.05) is 35.2 Å². The standard InChI is InChI=1S/C18H18N4O2/c23-16-10-18(13-22(16)14-4-2-1-3-5-14)6-9-21(12-18)17(24)15-11-19-7-8-20-15/h1-5,7-8,11H,6,9-10,12-13H2/t18-/m0/s1. The first-order valence-electron chi connectivity index (χ1n) is 8.08. The van der Waals surface area contributed by atoms with Crippen LogP contribution in [0.4, 0.5) is 5.69 Å². The smallest absolute Gasteiger partial charge is 0.274 e. The molecular formula is C18H18N4O2. The van der Waals surface area contributed by atoms with E-state index in [-0.39, 0.29) is 17.2 Å². The van der Waals surface area contributed by atoms with Crippen molar-refractivity contribution in [2.45, 2.75) is 12.8 Å². The van der Waals surface area contributed by atoms with E-state index in [0.29, 0.717) is 31.7 Å². The molecule has 122 valence electrons. The second-order valence-electron chi connectivity index (χ2n) is 6.56. The first kappa shape index (κ1) is 14.8. The number of benzene rings is 1. The number of aromatic nitrogens is 2. The number of amides is 2. The topological polar surface area (TPSA) is 66.4 Å². The largest absolute Gasteiger partial charge is 0.337 e. The molecular weight excluding hydrogens is 304 g/mol. The minimum atomic E-state index is -0.148. The molecule has 0 aliphatic carbocycles. The van der Waals surface area contributed by atoms with E-state index in [0.717, 1.165) is 12.1 Å². The van der Waals surface area contributed by atoms with Gasteiger partial charge in [-0.3, -0.25) is 14.6 Å². The Bertz CT molecular complexity index is 765. The average Bonchev–Trinajstić information content (AvgIpc) is 3.19. The van der Waals surface area contributed by atoms with Gasteiger partial charge in [0, 0.05) is 49.6 Å². The Morgan fingerprint density at radius 1 is 1.12 bits per heavy atom. The quantitative estimate of drug-likeness (QED) is 0.845. The Morgan fingerprint density at radius 3 is 2.71 bits per heavy atom. The molecule has 6 heteroatoms. The predicted octanol–water partition coefficient (Wildman–Crippen LogP) is 1.75. The van der Waals surface area contributed by atoms with E-state index in [2.05, 4.69) is 9.97 Å². The summed E-state index contributed by atoms with van der Waals surface area (Å²) in [5.41, 5.74) is 1.14. The van der Waals surface area contributed by atoms with Gasteiger partial charge in [-0.1, -0.05) is 18.2 Å². The Hall–Kier alpha value is -2.76. The van der Waals surface area contributed by atoms with Crippen LogP contribution in [0.2, 0.25) is 0 Å². The van der Waals surface area contributed by atoms with E-state index >= 15 is 0 Å². The van der Waals surface area contributed by atoms with E-state index in [4.69, 9.17) is 0 Å². The average molecular weight is 322 g/mol. The van der Waals surface area contributed by atoms with Gasteiger partial charge in [0.1, 0.15) is 5.69 Å². The number of nitrogens with zero attached hydrogens (tertiary/aromatic N) is 4. The number of carbonyl (C=O) groups is 2. The van der Waals surface area contributed by atoms with Crippen molar-refractivity contribution in [3.63, 3.8) is 0 Å². The summed E-state index contributed by atoms with van der Waals surface area (Å²) in [4.78, 5) is 36.7. The minimum Gasteiger partial charge on any atom is -0.337 e. The summed E-state index contributed by atoms with van der Waals surface area (Å²) in [6.07, 6.45) is 5.90. The fourth-order valence-electron chi connectivity index (χ4n) is 3.69. The summed E-state index contributed by atoms with van der Waals surface area (Å²) in [5.74, 6) is 0.0283. The highest BCUT2D eigenvalue weighted by Crippen LogP contribution is 2.42. The van der Waals surface area contributed by atoms with Crippen LogP contribution in [0, 0.1) is 5.41 Å². The second-order valence-corrected chi connectivity index (χ2v) is 6.56. The molecule has 0 saturated carbocycles. The summed E-state index contributed by atoms with van der Waals surface area (Å²) in [5, 5.41) is 0. The number of anilines is 1. The zero-order chi connectivity index (χ0) is 16.6. The molecule has 2 saturated heterocycles. The highest BCUT2D eigenvalue weighted by Gasteiger charge is 2.48. The molecule has 0 N–H and O–H groups in total. The van der Waals surface area contributed by atoms with Crippen molar-refractivity contribution in [3.05, 3.63) is 54.6 Å². The lowest BCUT2D eigenvalue weighted by atomic mass is 9.86. The zero-order valence-corrected chi connectivity index (χ0v) is 13.3. The van der Waals surface area contributed by atoms with Crippen LogP contribution in [0.1, 0.15) is 23.3 Å². The maximum atomic E-state index is 12.5. The van der Waals surface area contributed by atoms with Crippen molar-refractivity contribution in [2.24, 2.45) is 5.41 Å². The van der Waals surface area contributed by atoms with Crippen molar-refractivity contribution in [1.82, 2.24) is 14.9 Å². The van der Waals surface area contributed by atoms with Gasteiger partial charge in [-0.15, -0.1) is 0 Å². The number of hydrogen-bond donors (Lipinski definition) is 0. The number of hydrogen-bond acceptors (Lipinski definition) is 4. The number of rotatable bonds is 2. The highest BCUT2D eigenvalue weighted by molar-refractivity contribution is 5.97. The lowest BCUT2D eigenvalue weighted by Crippen LogP contribution is -2.34. The van der Waals surface area contributed by atoms with Crippen LogP contribution in [0.5, 0.6) is 0 Å². The maximum absolute atomic E-state index is 12.5. The van der Waals surface area contributed by atoms with Gasteiger partial charge in [-0.25, -0.2) is 4.98 Å². The first-order valence-corrected chi connectivity index (χ1v) is 8.08. The Balaban J connectivity index is 1.50. The summed E-state index contributed by atoms with van der Waals surface area (Å²) in [6.45, 7) is 1.92. The predicted molar refractivity (Wildman–Crippen MR) is 88.4 cm³/mol. The van der Waals surface area contributed by atoms with Gasteiger partial charge in [0.05, 0.1) is 6.20 Å². The molecule has 1 atom stereocenters. The molecule has 0 bridgehead atoms. The molecule has 3 heterocycles. The molecule has 6 nitrogen and oxygen atoms in total. The van der Waals surface area contributed by atoms with Crippen molar-refractivity contribution >= 4 is 17.5 Å². The van der Waals surface area contributed by atoms with E-state index < -0.39 is 0 Å². The van der Waals surface area contributed by atoms with Crippen molar-refractivity contribution in [3.8, 4) is 0 Å². The SMILES string of the molecule is O=C(c1cnccn1)N1CC[C@]2(CC(=O)N(c3ccccc3)C2)C1. The third-order valence-electron chi connectivity index (χ3n) is 4.90. The van der Waals surface area contributed by atoms with Crippen LogP contribution in [0.3, 0.4) is 0 Å². The van der Waals surface area contributed by atoms with Crippen molar-refractivity contribution in [1.29, 1.82) is 0 Å². The molecule has 4 rings (SSSR count). The monoisotopic (exact) mass is 322 g/mol. The summed E-state index contributed by atoms with van der Waals surface area (Å²) in [7, 11) is 0. The molecule has 2 aromatic rings. The van der Waals surface area contributed by atoms with Crippen LogP contribution in [-0.4, -0.2) is 46.3 Å². The maximum Gasteiger partial charge on any atom is 0.274 e. The number of likely N-dealkylation sites (tertiary alicyclic amines) is 1.